The molecular formula is C11H13NO5. The molecule has 1 aromatic carbocycles. The van der Waals surface area contributed by atoms with Gasteiger partial charge in [-0.25, -0.2) is 4.79 Å². The van der Waals surface area contributed by atoms with Gasteiger partial charge in [0.1, 0.15) is 0 Å². The normalized spacial score (nSPS) is 12.1. The first kappa shape index (κ1) is 13.1. The summed E-state index contributed by atoms with van der Waals surface area (Å²) in [6.45, 7) is 1.82. The molecule has 17 heavy (non-hydrogen) atoms. The number of aryl methyl sites for hydroxylation is 1. The number of hydrogen-bond acceptors (Lipinski definition) is 4. The molecule has 1 unspecified atom stereocenters. The van der Waals surface area contributed by atoms with Crippen LogP contribution in [0.2, 0.25) is 0 Å². The molecule has 0 saturated heterocycles. The Morgan fingerprint density at radius 3 is 2.59 bits per heavy atom. The summed E-state index contributed by atoms with van der Waals surface area (Å²) in [6.07, 6.45) is -0.985. The molecule has 0 radical (unpaired) electrons. The molecular weight excluding hydrogens is 226 g/mol. The molecule has 6 nitrogen and oxygen atoms in total. The first-order chi connectivity index (χ1) is 7.95. The van der Waals surface area contributed by atoms with Crippen LogP contribution in [0.3, 0.4) is 0 Å². The monoisotopic (exact) mass is 239 g/mol. The molecule has 2 N–H and O–H groups in total. The maximum atomic E-state index is 10.6. The van der Waals surface area contributed by atoms with Crippen LogP contribution in [0.1, 0.15) is 18.1 Å². The molecule has 0 fully saturated rings. The van der Waals surface area contributed by atoms with Crippen molar-refractivity contribution in [3.05, 3.63) is 39.4 Å². The highest BCUT2D eigenvalue weighted by Gasteiger charge is 2.17. The van der Waals surface area contributed by atoms with Crippen molar-refractivity contribution in [2.75, 3.05) is 0 Å². The molecule has 6 heteroatoms. The molecule has 0 saturated carbocycles. The third-order valence-corrected chi connectivity index (χ3v) is 2.48. The van der Waals surface area contributed by atoms with E-state index in [2.05, 4.69) is 0 Å². The number of carbonyl (C=O) groups is 1. The maximum Gasteiger partial charge on any atom is 0.332 e. The van der Waals surface area contributed by atoms with E-state index in [1.165, 1.54) is 18.2 Å². The summed E-state index contributed by atoms with van der Waals surface area (Å²) in [4.78, 5) is 20.6. The molecule has 1 rings (SSSR count). The van der Waals surface area contributed by atoms with Gasteiger partial charge in [0, 0.05) is 18.6 Å². The van der Waals surface area contributed by atoms with E-state index < -0.39 is 17.0 Å². The van der Waals surface area contributed by atoms with Gasteiger partial charge in [-0.15, -0.1) is 0 Å². The zero-order valence-corrected chi connectivity index (χ0v) is 9.29. The smallest absolute Gasteiger partial charge is 0.332 e. The Morgan fingerprint density at radius 2 is 2.12 bits per heavy atom. The van der Waals surface area contributed by atoms with E-state index in [0.29, 0.717) is 17.5 Å². The lowest BCUT2D eigenvalue weighted by Gasteiger charge is -2.09. The fraction of sp³-hybridized carbons (Fsp3) is 0.364. The minimum Gasteiger partial charge on any atom is -0.479 e. The molecule has 0 amide bonds. The lowest BCUT2D eigenvalue weighted by molar-refractivity contribution is -0.384. The Bertz CT molecular complexity index is 443. The summed E-state index contributed by atoms with van der Waals surface area (Å²) in [6, 6.07) is 4.20. The maximum absolute atomic E-state index is 10.6. The number of aliphatic hydroxyl groups is 1. The van der Waals surface area contributed by atoms with Crippen LogP contribution in [0.5, 0.6) is 0 Å². The Morgan fingerprint density at radius 1 is 1.47 bits per heavy atom. The van der Waals surface area contributed by atoms with E-state index in [1.807, 2.05) is 6.92 Å². The number of benzene rings is 1. The van der Waals surface area contributed by atoms with Crippen molar-refractivity contribution >= 4 is 11.7 Å². The Hall–Kier alpha value is -1.95. The van der Waals surface area contributed by atoms with Crippen LogP contribution in [0, 0.1) is 10.1 Å². The van der Waals surface area contributed by atoms with E-state index in [1.54, 1.807) is 0 Å². The fourth-order valence-electron chi connectivity index (χ4n) is 1.55. The number of aliphatic carboxylic acids is 1. The van der Waals surface area contributed by atoms with Gasteiger partial charge in [0.15, 0.2) is 6.10 Å². The average molecular weight is 239 g/mol. The Labute approximate surface area is 97.7 Å². The second-order valence-electron chi connectivity index (χ2n) is 3.62. The number of hydrogen-bond donors (Lipinski definition) is 2. The zero-order valence-electron chi connectivity index (χ0n) is 9.29. The Kier molecular flexibility index (Phi) is 4.17. The fourth-order valence-corrected chi connectivity index (χ4v) is 1.55. The highest BCUT2D eigenvalue weighted by molar-refractivity contribution is 5.72. The number of nitro benzene ring substituents is 1. The third kappa shape index (κ3) is 3.25. The molecule has 1 aromatic rings. The van der Waals surface area contributed by atoms with Crippen LogP contribution in [-0.2, 0) is 17.6 Å². The van der Waals surface area contributed by atoms with Gasteiger partial charge >= 0.3 is 5.97 Å². The van der Waals surface area contributed by atoms with Crippen LogP contribution in [0.25, 0.3) is 0 Å². The van der Waals surface area contributed by atoms with Gasteiger partial charge in [-0.1, -0.05) is 13.0 Å². The largest absolute Gasteiger partial charge is 0.479 e. The quantitative estimate of drug-likeness (QED) is 0.592. The summed E-state index contributed by atoms with van der Waals surface area (Å²) >= 11 is 0. The van der Waals surface area contributed by atoms with Crippen molar-refractivity contribution in [2.45, 2.75) is 25.9 Å². The van der Waals surface area contributed by atoms with E-state index >= 15 is 0 Å². The van der Waals surface area contributed by atoms with E-state index in [4.69, 9.17) is 5.11 Å². The summed E-state index contributed by atoms with van der Waals surface area (Å²) < 4.78 is 0. The molecule has 1 atom stereocenters. The molecule has 0 aliphatic heterocycles. The van der Waals surface area contributed by atoms with Crippen LogP contribution in [-0.4, -0.2) is 27.2 Å². The third-order valence-electron chi connectivity index (χ3n) is 2.48. The number of aliphatic hydroxyl groups excluding tert-OH is 1. The van der Waals surface area contributed by atoms with Crippen molar-refractivity contribution in [1.29, 1.82) is 0 Å². The summed E-state index contributed by atoms with van der Waals surface area (Å²) in [5.41, 5.74) is 1.27. The van der Waals surface area contributed by atoms with Gasteiger partial charge in [0.05, 0.1) is 4.92 Å². The van der Waals surface area contributed by atoms with Crippen molar-refractivity contribution in [3.8, 4) is 0 Å². The van der Waals surface area contributed by atoms with Gasteiger partial charge in [-0.2, -0.15) is 0 Å². The molecule has 0 aromatic heterocycles. The Balaban J connectivity index is 3.00. The predicted octanol–water partition coefficient (Wildman–Crippen LogP) is 1.15. The van der Waals surface area contributed by atoms with E-state index in [0.717, 1.165) is 0 Å². The minimum atomic E-state index is -1.48. The predicted molar refractivity (Wildman–Crippen MR) is 59.8 cm³/mol. The number of carboxylic acid groups (broad SMARTS) is 1. The number of non-ortho nitro benzene ring substituents is 1. The summed E-state index contributed by atoms with van der Waals surface area (Å²) in [5.74, 6) is -1.30. The highest BCUT2D eigenvalue weighted by atomic mass is 16.6. The topological polar surface area (TPSA) is 101 Å². The van der Waals surface area contributed by atoms with Crippen LogP contribution >= 0.6 is 0 Å². The van der Waals surface area contributed by atoms with Gasteiger partial charge in [-0.05, 0) is 17.5 Å². The first-order valence-electron chi connectivity index (χ1n) is 5.12. The lowest BCUT2D eigenvalue weighted by atomic mass is 9.99. The van der Waals surface area contributed by atoms with Crippen molar-refractivity contribution in [3.63, 3.8) is 0 Å². The second kappa shape index (κ2) is 5.40. The average Bonchev–Trinajstić information content (AvgIpc) is 2.28. The van der Waals surface area contributed by atoms with Crippen LogP contribution in [0.15, 0.2) is 18.2 Å². The number of nitrogens with zero attached hydrogens (tertiary/aromatic N) is 1. The van der Waals surface area contributed by atoms with Gasteiger partial charge < -0.3 is 10.2 Å². The molecule has 92 valence electrons. The van der Waals surface area contributed by atoms with Crippen molar-refractivity contribution < 1.29 is 19.9 Å². The molecule has 0 aliphatic rings. The second-order valence-corrected chi connectivity index (χ2v) is 3.62. The molecule has 0 bridgehead atoms. The highest BCUT2D eigenvalue weighted by Crippen LogP contribution is 2.19. The van der Waals surface area contributed by atoms with Gasteiger partial charge in [0.25, 0.3) is 5.69 Å². The van der Waals surface area contributed by atoms with Gasteiger partial charge in [-0.3, -0.25) is 10.1 Å². The first-order valence-corrected chi connectivity index (χ1v) is 5.12. The number of carboxylic acids is 1. The molecule has 0 spiro atoms. The van der Waals surface area contributed by atoms with E-state index in [-0.39, 0.29) is 12.1 Å². The molecule has 0 aliphatic carbocycles. The van der Waals surface area contributed by atoms with Crippen LogP contribution in [0.4, 0.5) is 5.69 Å². The van der Waals surface area contributed by atoms with Crippen LogP contribution < -0.4 is 0 Å². The molecule has 0 heterocycles. The summed E-state index contributed by atoms with van der Waals surface area (Å²) in [7, 11) is 0. The standard InChI is InChI=1S/C11H13NO5/c1-2-7-5-9(12(16)17)4-3-8(7)6-10(13)11(14)15/h3-5,10,13H,2,6H2,1H3,(H,14,15). The summed E-state index contributed by atoms with van der Waals surface area (Å²) in [5, 5.41) is 28.4. The number of nitro groups is 1. The minimum absolute atomic E-state index is 0.0320. The lowest BCUT2D eigenvalue weighted by Crippen LogP contribution is -2.22. The van der Waals surface area contributed by atoms with Crippen molar-refractivity contribution in [1.82, 2.24) is 0 Å². The number of rotatable bonds is 5. The van der Waals surface area contributed by atoms with Gasteiger partial charge in [0.2, 0.25) is 0 Å². The zero-order chi connectivity index (χ0) is 13.0. The van der Waals surface area contributed by atoms with E-state index in [9.17, 15) is 20.0 Å². The SMILES string of the molecule is CCc1cc([N+](=O)[O-])ccc1CC(O)C(=O)O. The van der Waals surface area contributed by atoms with Crippen molar-refractivity contribution in [2.24, 2.45) is 0 Å².